The van der Waals surface area contributed by atoms with E-state index in [0.29, 0.717) is 0 Å². The van der Waals surface area contributed by atoms with Crippen LogP contribution in [0.5, 0.6) is 0 Å². The number of fused-ring (bicyclic) bond motifs is 16. The predicted octanol–water partition coefficient (Wildman–Crippen LogP) is 16.9. The van der Waals surface area contributed by atoms with Gasteiger partial charge in [-0.25, -0.2) is 0 Å². The van der Waals surface area contributed by atoms with Gasteiger partial charge in [-0.15, -0.1) is 0 Å². The van der Waals surface area contributed by atoms with Gasteiger partial charge in [0, 0.05) is 61.0 Å². The van der Waals surface area contributed by atoms with E-state index in [9.17, 15) is 0 Å². The summed E-state index contributed by atoms with van der Waals surface area (Å²) in [7, 11) is 0. The molecule has 0 N–H and O–H groups in total. The minimum atomic E-state index is -0.235. The molecule has 0 unspecified atom stereocenters. The van der Waals surface area contributed by atoms with E-state index in [0.717, 1.165) is 56.8 Å². The van der Waals surface area contributed by atoms with Gasteiger partial charge in [-0.1, -0.05) is 173 Å². The summed E-state index contributed by atoms with van der Waals surface area (Å²) >= 11 is 0. The van der Waals surface area contributed by atoms with Crippen LogP contribution in [0.4, 0.5) is 28.4 Å². The molecule has 1 aliphatic carbocycles. The SMILES string of the molecule is CCCCCc1ccc(N(c2ccc(C)cc2)c2ccc3c(c2)N(c2cccc4c2oc2ccccc24)B2c4c(cc5c(c4-3)-c3ccccc3C5(C)C)-n3c4ccc5ccccc5c4c4cccc2c43)cc1. The molecule has 5 heteroatoms. The predicted molar refractivity (Wildman–Crippen MR) is 305 cm³/mol. The first kappa shape index (κ1) is 41.5. The van der Waals surface area contributed by atoms with Gasteiger partial charge in [0.1, 0.15) is 5.58 Å². The minimum absolute atomic E-state index is 0.209. The van der Waals surface area contributed by atoms with Crippen molar-refractivity contribution in [2.24, 2.45) is 0 Å². The summed E-state index contributed by atoms with van der Waals surface area (Å²) in [5, 5.41) is 7.35. The van der Waals surface area contributed by atoms with Crippen LogP contribution in [-0.4, -0.2) is 11.4 Å². The normalized spacial score (nSPS) is 13.8. The van der Waals surface area contributed by atoms with E-state index < -0.39 is 0 Å². The van der Waals surface area contributed by atoms with E-state index in [2.05, 4.69) is 236 Å². The second-order valence-electron chi connectivity index (χ2n) is 21.1. The maximum atomic E-state index is 7.08. The molecule has 0 radical (unpaired) electrons. The molecule has 0 bridgehead atoms. The molecule has 3 aliphatic rings. The Balaban J connectivity index is 1.08. The smallest absolute Gasteiger partial charge is 0.333 e. The van der Waals surface area contributed by atoms with Crippen LogP contribution in [0.15, 0.2) is 199 Å². The monoisotopic (exact) mass is 925 g/mol. The van der Waals surface area contributed by atoms with Gasteiger partial charge in [-0.05, 0) is 136 Å². The first-order valence-electron chi connectivity index (χ1n) is 25.9. The molecule has 12 aromatic rings. The van der Waals surface area contributed by atoms with E-state index in [1.165, 1.54) is 113 Å². The molecule has 10 aromatic carbocycles. The van der Waals surface area contributed by atoms with Crippen LogP contribution in [0, 0.1) is 6.92 Å². The highest BCUT2D eigenvalue weighted by Gasteiger charge is 2.49. The third kappa shape index (κ3) is 5.71. The number of rotatable bonds is 8. The molecule has 0 atom stereocenters. The van der Waals surface area contributed by atoms with Crippen LogP contribution >= 0.6 is 0 Å². The number of furan rings is 1. The summed E-state index contributed by atoms with van der Waals surface area (Å²) < 4.78 is 9.71. The van der Waals surface area contributed by atoms with Crippen molar-refractivity contribution >= 4 is 101 Å². The van der Waals surface area contributed by atoms with Gasteiger partial charge in [-0.3, -0.25) is 0 Å². The molecule has 0 amide bonds. The Morgan fingerprint density at radius 2 is 1.28 bits per heavy atom. The first-order valence-corrected chi connectivity index (χ1v) is 25.9. The molecule has 4 heterocycles. The highest BCUT2D eigenvalue weighted by molar-refractivity contribution is 6.94. The Morgan fingerprint density at radius 1 is 0.556 bits per heavy atom. The standard InChI is InChI=1S/C67H52BN3O/c1-5-6-7-16-42-29-34-45(35-30-42)69(44-32-27-41(2)28-33-44)46-36-37-51-58(39-46)71(57-25-15-21-49-48-19-11-13-26-60(48)72-66(49)57)68-55-24-14-22-52-61-47-18-9-8-17-43(47)31-38-56(61)70(65(52)55)59-40-54-62(63(51)64(59)68)50-20-10-12-23-53(50)67(54,3)4/h8-15,17-40H,5-7,16H2,1-4H3. The lowest BCUT2D eigenvalue weighted by molar-refractivity contribution is 0.660. The fraction of sp³-hybridized carbons (Fsp3) is 0.134. The second-order valence-corrected chi connectivity index (χ2v) is 21.1. The fourth-order valence-corrected chi connectivity index (χ4v) is 13.3. The number of benzene rings is 10. The number of hydrogen-bond acceptors (Lipinski definition) is 3. The van der Waals surface area contributed by atoms with Gasteiger partial charge in [0.05, 0.1) is 16.7 Å². The average molecular weight is 926 g/mol. The first-order chi connectivity index (χ1) is 35.4. The van der Waals surface area contributed by atoms with Crippen molar-refractivity contribution in [1.82, 2.24) is 4.57 Å². The van der Waals surface area contributed by atoms with Crippen molar-refractivity contribution in [2.45, 2.75) is 58.8 Å². The van der Waals surface area contributed by atoms with Crippen LogP contribution < -0.4 is 20.6 Å². The Kier molecular flexibility index (Phi) is 8.86. The average Bonchev–Trinajstić information content (AvgIpc) is 4.05. The lowest BCUT2D eigenvalue weighted by Gasteiger charge is -2.43. The number of aryl methyl sites for hydroxylation is 2. The number of para-hydroxylation sites is 3. The van der Waals surface area contributed by atoms with Gasteiger partial charge in [0.2, 0.25) is 0 Å². The maximum absolute atomic E-state index is 7.08. The van der Waals surface area contributed by atoms with E-state index in [4.69, 9.17) is 4.42 Å². The summed E-state index contributed by atoms with van der Waals surface area (Å²) in [5.74, 6) is 0. The van der Waals surface area contributed by atoms with Crippen LogP contribution in [0.25, 0.3) is 82.5 Å². The van der Waals surface area contributed by atoms with Crippen LogP contribution in [0.2, 0.25) is 0 Å². The molecule has 0 saturated carbocycles. The quantitative estimate of drug-likeness (QED) is 0.112. The number of anilines is 5. The van der Waals surface area contributed by atoms with Gasteiger partial charge in [-0.2, -0.15) is 0 Å². The number of aromatic nitrogens is 1. The van der Waals surface area contributed by atoms with Gasteiger partial charge in [0.15, 0.2) is 5.58 Å². The summed E-state index contributed by atoms with van der Waals surface area (Å²) in [6.45, 7) is 9.10. The molecule has 2 aromatic heterocycles. The van der Waals surface area contributed by atoms with Crippen molar-refractivity contribution in [3.05, 3.63) is 216 Å². The largest absolute Gasteiger partial charge is 0.454 e. The highest BCUT2D eigenvalue weighted by Crippen LogP contribution is 2.57. The molecule has 0 saturated heterocycles. The lowest BCUT2D eigenvalue weighted by Crippen LogP contribution is -2.60. The zero-order chi connectivity index (χ0) is 48.0. The number of unbranched alkanes of at least 4 members (excludes halogenated alkanes) is 2. The van der Waals surface area contributed by atoms with Crippen molar-refractivity contribution in [2.75, 3.05) is 9.71 Å². The van der Waals surface area contributed by atoms with Gasteiger partial charge >= 0.3 is 6.85 Å². The Labute approximate surface area is 420 Å². The topological polar surface area (TPSA) is 24.6 Å². The van der Waals surface area contributed by atoms with Crippen molar-refractivity contribution in [1.29, 1.82) is 0 Å². The van der Waals surface area contributed by atoms with Gasteiger partial charge in [0.25, 0.3) is 0 Å². The minimum Gasteiger partial charge on any atom is -0.454 e. The van der Waals surface area contributed by atoms with Crippen LogP contribution in [0.1, 0.15) is 62.3 Å². The van der Waals surface area contributed by atoms with Gasteiger partial charge < -0.3 is 18.7 Å². The van der Waals surface area contributed by atoms with Crippen molar-refractivity contribution in [3.8, 4) is 27.9 Å². The molecular weight excluding hydrogens is 874 g/mol. The third-order valence-corrected chi connectivity index (χ3v) is 16.6. The van der Waals surface area contributed by atoms with Crippen LogP contribution in [0.3, 0.4) is 0 Å². The zero-order valence-electron chi connectivity index (χ0n) is 41.1. The van der Waals surface area contributed by atoms with E-state index in [-0.39, 0.29) is 12.3 Å². The summed E-state index contributed by atoms with van der Waals surface area (Å²) in [6.07, 6.45) is 4.76. The molecule has 15 rings (SSSR count). The Bertz CT molecular complexity index is 4230. The summed E-state index contributed by atoms with van der Waals surface area (Å²) in [5.41, 5.74) is 24.1. The Hall–Kier alpha value is -8.28. The zero-order valence-corrected chi connectivity index (χ0v) is 41.1. The lowest BCUT2D eigenvalue weighted by atomic mass is 9.43. The number of hydrogen-bond donors (Lipinski definition) is 0. The highest BCUT2D eigenvalue weighted by atomic mass is 16.3. The number of nitrogens with zero attached hydrogens (tertiary/aromatic N) is 3. The van der Waals surface area contributed by atoms with E-state index in [1.54, 1.807) is 0 Å². The molecule has 2 aliphatic heterocycles. The van der Waals surface area contributed by atoms with E-state index >= 15 is 0 Å². The molecule has 344 valence electrons. The summed E-state index contributed by atoms with van der Waals surface area (Å²) in [6, 6.07) is 73.3. The molecule has 0 fully saturated rings. The van der Waals surface area contributed by atoms with Crippen molar-refractivity contribution in [3.63, 3.8) is 0 Å². The summed E-state index contributed by atoms with van der Waals surface area (Å²) in [4.78, 5) is 5.11. The van der Waals surface area contributed by atoms with E-state index in [1.807, 2.05) is 0 Å². The third-order valence-electron chi connectivity index (χ3n) is 16.6. The molecular formula is C67H52BN3O. The second kappa shape index (κ2) is 15.4. The molecule has 0 spiro atoms. The van der Waals surface area contributed by atoms with Crippen molar-refractivity contribution < 1.29 is 4.42 Å². The molecule has 72 heavy (non-hydrogen) atoms. The Morgan fingerprint density at radius 3 is 2.12 bits per heavy atom. The fourth-order valence-electron chi connectivity index (χ4n) is 13.3. The maximum Gasteiger partial charge on any atom is 0.333 e. The molecule has 4 nitrogen and oxygen atoms in total. The van der Waals surface area contributed by atoms with Crippen LogP contribution in [-0.2, 0) is 11.8 Å².